The molecule has 2 atom stereocenters. The second kappa shape index (κ2) is 4.40. The van der Waals surface area contributed by atoms with Gasteiger partial charge >= 0.3 is 0 Å². The van der Waals surface area contributed by atoms with E-state index in [1.54, 1.807) is 0 Å². The lowest BCUT2D eigenvalue weighted by Crippen LogP contribution is -2.22. The van der Waals surface area contributed by atoms with Crippen molar-refractivity contribution in [3.63, 3.8) is 0 Å². The van der Waals surface area contributed by atoms with Crippen LogP contribution >= 0.6 is 0 Å². The summed E-state index contributed by atoms with van der Waals surface area (Å²) < 4.78 is 0. The Kier molecular flexibility index (Phi) is 3.46. The highest BCUT2D eigenvalue weighted by molar-refractivity contribution is 6.04. The first-order valence-corrected chi connectivity index (χ1v) is 5.05. The van der Waals surface area contributed by atoms with E-state index in [0.717, 1.165) is 25.7 Å². The van der Waals surface area contributed by atoms with Gasteiger partial charge in [-0.05, 0) is 12.8 Å². The zero-order valence-electron chi connectivity index (χ0n) is 8.30. The second-order valence-electron chi connectivity index (χ2n) is 3.64. The molecule has 2 unspecified atom stereocenters. The molecule has 1 aliphatic heterocycles. The van der Waals surface area contributed by atoms with E-state index in [2.05, 4.69) is 5.32 Å². The van der Waals surface area contributed by atoms with Gasteiger partial charge in [-0.1, -0.05) is 26.7 Å². The third-order valence-corrected chi connectivity index (χ3v) is 2.61. The highest BCUT2D eigenvalue weighted by Crippen LogP contribution is 2.27. The van der Waals surface area contributed by atoms with Gasteiger partial charge in [0.2, 0.25) is 11.8 Å². The topological polar surface area (TPSA) is 46.2 Å². The molecule has 1 rings (SSSR count). The van der Waals surface area contributed by atoms with E-state index in [1.165, 1.54) is 0 Å². The third kappa shape index (κ3) is 2.08. The quantitative estimate of drug-likeness (QED) is 0.671. The van der Waals surface area contributed by atoms with Crippen molar-refractivity contribution in [2.24, 2.45) is 11.8 Å². The first-order valence-electron chi connectivity index (χ1n) is 5.05. The Morgan fingerprint density at radius 3 is 1.69 bits per heavy atom. The van der Waals surface area contributed by atoms with Crippen LogP contribution in [0.5, 0.6) is 0 Å². The van der Waals surface area contributed by atoms with Gasteiger partial charge in [-0.25, -0.2) is 0 Å². The molecular formula is C10H17NO2. The van der Waals surface area contributed by atoms with Crippen LogP contribution in [0.4, 0.5) is 0 Å². The van der Waals surface area contributed by atoms with E-state index < -0.39 is 0 Å². The number of amides is 2. The number of hydrogen-bond donors (Lipinski definition) is 1. The average Bonchev–Trinajstić information content (AvgIpc) is 2.33. The number of carbonyl (C=O) groups is 2. The van der Waals surface area contributed by atoms with Crippen molar-refractivity contribution in [3.8, 4) is 0 Å². The molecule has 0 spiro atoms. The molecule has 74 valence electrons. The van der Waals surface area contributed by atoms with Crippen molar-refractivity contribution in [2.75, 3.05) is 0 Å². The molecule has 0 saturated carbocycles. The van der Waals surface area contributed by atoms with Gasteiger partial charge in [0.05, 0.1) is 0 Å². The summed E-state index contributed by atoms with van der Waals surface area (Å²) in [5.74, 6) is -0.245. The van der Waals surface area contributed by atoms with E-state index >= 15 is 0 Å². The van der Waals surface area contributed by atoms with Crippen molar-refractivity contribution in [1.82, 2.24) is 5.32 Å². The van der Waals surface area contributed by atoms with Gasteiger partial charge in [-0.3, -0.25) is 14.9 Å². The fraction of sp³-hybridized carbons (Fsp3) is 0.800. The Morgan fingerprint density at radius 2 is 1.38 bits per heavy atom. The molecule has 1 saturated heterocycles. The van der Waals surface area contributed by atoms with Crippen LogP contribution in [0.15, 0.2) is 0 Å². The SMILES string of the molecule is CCCC1C(=O)NC(=O)C1CCC. The van der Waals surface area contributed by atoms with Gasteiger partial charge in [0.25, 0.3) is 0 Å². The van der Waals surface area contributed by atoms with Crippen molar-refractivity contribution < 1.29 is 9.59 Å². The predicted molar refractivity (Wildman–Crippen MR) is 49.9 cm³/mol. The Morgan fingerprint density at radius 1 is 1.00 bits per heavy atom. The number of carbonyl (C=O) groups excluding carboxylic acids is 2. The Bertz CT molecular complexity index is 191. The van der Waals surface area contributed by atoms with E-state index in [1.807, 2.05) is 13.8 Å². The summed E-state index contributed by atoms with van der Waals surface area (Å²) >= 11 is 0. The first-order chi connectivity index (χ1) is 6.20. The maximum Gasteiger partial charge on any atom is 0.230 e. The third-order valence-electron chi connectivity index (χ3n) is 2.61. The molecule has 0 radical (unpaired) electrons. The van der Waals surface area contributed by atoms with Gasteiger partial charge in [0.1, 0.15) is 0 Å². The summed E-state index contributed by atoms with van der Waals surface area (Å²) in [5, 5.41) is 2.41. The van der Waals surface area contributed by atoms with Crippen LogP contribution in [0.3, 0.4) is 0 Å². The number of nitrogens with one attached hydrogen (secondary N) is 1. The Labute approximate surface area is 78.9 Å². The lowest BCUT2D eigenvalue weighted by molar-refractivity contribution is -0.126. The summed E-state index contributed by atoms with van der Waals surface area (Å²) in [5.41, 5.74) is 0. The molecule has 3 nitrogen and oxygen atoms in total. The molecule has 13 heavy (non-hydrogen) atoms. The molecule has 1 N–H and O–H groups in total. The van der Waals surface area contributed by atoms with Gasteiger partial charge in [-0.2, -0.15) is 0 Å². The first kappa shape index (κ1) is 10.2. The smallest absolute Gasteiger partial charge is 0.230 e. The molecule has 0 aromatic rings. The Hall–Kier alpha value is -0.860. The van der Waals surface area contributed by atoms with Gasteiger partial charge in [0.15, 0.2) is 0 Å². The number of imide groups is 1. The molecular weight excluding hydrogens is 166 g/mol. The fourth-order valence-electron chi connectivity index (χ4n) is 1.96. The summed E-state index contributed by atoms with van der Waals surface area (Å²) in [7, 11) is 0. The normalized spacial score (nSPS) is 27.8. The minimum Gasteiger partial charge on any atom is -0.296 e. The maximum atomic E-state index is 11.3. The van der Waals surface area contributed by atoms with Crippen molar-refractivity contribution in [3.05, 3.63) is 0 Å². The van der Waals surface area contributed by atoms with Crippen LogP contribution in [0.1, 0.15) is 39.5 Å². The molecule has 1 aliphatic rings. The predicted octanol–water partition coefficient (Wildman–Crippen LogP) is 1.48. The molecule has 1 heterocycles. The summed E-state index contributed by atoms with van der Waals surface area (Å²) in [6.45, 7) is 4.08. The molecule has 1 fully saturated rings. The average molecular weight is 183 g/mol. The molecule has 3 heteroatoms. The summed E-state index contributed by atoms with van der Waals surface area (Å²) in [6.07, 6.45) is 3.60. The standard InChI is InChI=1S/C10H17NO2/c1-3-5-7-8(6-4-2)10(13)11-9(7)12/h7-8H,3-6H2,1-2H3,(H,11,12,13). The van der Waals surface area contributed by atoms with Crippen LogP contribution in [0.25, 0.3) is 0 Å². The lowest BCUT2D eigenvalue weighted by atomic mass is 9.88. The van der Waals surface area contributed by atoms with Crippen LogP contribution in [-0.4, -0.2) is 11.8 Å². The van der Waals surface area contributed by atoms with Crippen molar-refractivity contribution in [1.29, 1.82) is 0 Å². The minimum atomic E-state index is -0.0645. The number of rotatable bonds is 4. The lowest BCUT2D eigenvalue weighted by Gasteiger charge is -2.12. The van der Waals surface area contributed by atoms with Crippen molar-refractivity contribution in [2.45, 2.75) is 39.5 Å². The van der Waals surface area contributed by atoms with E-state index in [-0.39, 0.29) is 23.7 Å². The van der Waals surface area contributed by atoms with Crippen LogP contribution in [-0.2, 0) is 9.59 Å². The van der Waals surface area contributed by atoms with Crippen molar-refractivity contribution >= 4 is 11.8 Å². The summed E-state index contributed by atoms with van der Waals surface area (Å²) in [4.78, 5) is 22.7. The molecule has 0 aromatic heterocycles. The highest BCUT2D eigenvalue weighted by Gasteiger charge is 2.39. The minimum absolute atomic E-state index is 0.0579. The molecule has 0 aliphatic carbocycles. The molecule has 0 bridgehead atoms. The highest BCUT2D eigenvalue weighted by atomic mass is 16.2. The van der Waals surface area contributed by atoms with Gasteiger partial charge < -0.3 is 0 Å². The van der Waals surface area contributed by atoms with E-state index in [9.17, 15) is 9.59 Å². The zero-order valence-corrected chi connectivity index (χ0v) is 8.30. The zero-order chi connectivity index (χ0) is 9.84. The summed E-state index contributed by atoms with van der Waals surface area (Å²) in [6, 6.07) is 0. The fourth-order valence-corrected chi connectivity index (χ4v) is 1.96. The van der Waals surface area contributed by atoms with E-state index in [4.69, 9.17) is 0 Å². The number of hydrogen-bond acceptors (Lipinski definition) is 2. The largest absolute Gasteiger partial charge is 0.296 e. The Balaban J connectivity index is 2.65. The maximum absolute atomic E-state index is 11.3. The molecule has 2 amide bonds. The van der Waals surface area contributed by atoms with Gasteiger partial charge in [-0.15, -0.1) is 0 Å². The van der Waals surface area contributed by atoms with Crippen LogP contribution in [0.2, 0.25) is 0 Å². The van der Waals surface area contributed by atoms with Crippen LogP contribution in [0, 0.1) is 11.8 Å². The van der Waals surface area contributed by atoms with Crippen LogP contribution < -0.4 is 5.32 Å². The van der Waals surface area contributed by atoms with E-state index in [0.29, 0.717) is 0 Å². The second-order valence-corrected chi connectivity index (χ2v) is 3.64. The molecule has 0 aromatic carbocycles. The monoisotopic (exact) mass is 183 g/mol. The van der Waals surface area contributed by atoms with Gasteiger partial charge in [0, 0.05) is 11.8 Å².